The van der Waals surface area contributed by atoms with Gasteiger partial charge < -0.3 is 19.5 Å². The zero-order chi connectivity index (χ0) is 17.1. The molecule has 2 atom stereocenters. The number of carboxylic acids is 1. The van der Waals surface area contributed by atoms with Gasteiger partial charge in [-0.25, -0.2) is 4.79 Å². The molecule has 6 nitrogen and oxygen atoms in total. The molecule has 1 aromatic carbocycles. The van der Waals surface area contributed by atoms with E-state index in [0.29, 0.717) is 19.6 Å². The Balaban J connectivity index is 1.74. The second-order valence-corrected chi connectivity index (χ2v) is 6.37. The molecule has 0 bridgehead atoms. The lowest BCUT2D eigenvalue weighted by atomic mass is 9.80. The van der Waals surface area contributed by atoms with Crippen LogP contribution < -0.4 is 4.74 Å². The summed E-state index contributed by atoms with van der Waals surface area (Å²) in [6.45, 7) is 0.811. The fourth-order valence-corrected chi connectivity index (χ4v) is 3.67. The summed E-state index contributed by atoms with van der Waals surface area (Å²) in [6.07, 6.45) is 3.33. The summed E-state index contributed by atoms with van der Waals surface area (Å²) < 4.78 is 10.5. The van der Waals surface area contributed by atoms with Gasteiger partial charge in [-0.05, 0) is 48.4 Å². The fraction of sp³-hybridized carbons (Fsp3) is 0.556. The van der Waals surface area contributed by atoms with Gasteiger partial charge in [-0.15, -0.1) is 0 Å². The summed E-state index contributed by atoms with van der Waals surface area (Å²) in [7, 11) is 1.65. The summed E-state index contributed by atoms with van der Waals surface area (Å²) in [4.78, 5) is 25.5. The average molecular weight is 333 g/mol. The van der Waals surface area contributed by atoms with E-state index in [1.165, 1.54) is 16.0 Å². The summed E-state index contributed by atoms with van der Waals surface area (Å²) in [5.74, 6) is -0.125. The lowest BCUT2D eigenvalue weighted by Gasteiger charge is -2.34. The van der Waals surface area contributed by atoms with E-state index in [4.69, 9.17) is 9.47 Å². The van der Waals surface area contributed by atoms with Crippen LogP contribution in [-0.4, -0.2) is 54.8 Å². The summed E-state index contributed by atoms with van der Waals surface area (Å²) in [5, 5.41) is 9.29. The Bertz CT molecular complexity index is 630. The number of amides is 1. The molecule has 0 spiro atoms. The number of methoxy groups -OCH3 is 1. The SMILES string of the molecule is COc1ccc2c(c1)CCC[C@H]2CC(=O)N1CCOC[C@H]1C(=O)O. The Morgan fingerprint density at radius 1 is 1.42 bits per heavy atom. The number of ether oxygens (including phenoxy) is 2. The number of carbonyl (C=O) groups excluding carboxylic acids is 1. The Labute approximate surface area is 141 Å². The van der Waals surface area contributed by atoms with Gasteiger partial charge in [0, 0.05) is 13.0 Å². The lowest BCUT2D eigenvalue weighted by Crippen LogP contribution is -2.52. The fourth-order valence-electron chi connectivity index (χ4n) is 3.67. The number of hydrogen-bond acceptors (Lipinski definition) is 4. The zero-order valence-electron chi connectivity index (χ0n) is 13.9. The molecule has 0 unspecified atom stereocenters. The molecule has 1 aromatic rings. The second-order valence-electron chi connectivity index (χ2n) is 6.37. The number of hydrogen-bond donors (Lipinski definition) is 1. The number of aryl methyl sites for hydroxylation is 1. The van der Waals surface area contributed by atoms with Gasteiger partial charge in [-0.2, -0.15) is 0 Å². The van der Waals surface area contributed by atoms with Crippen LogP contribution in [0.3, 0.4) is 0 Å². The minimum absolute atomic E-state index is 0.0690. The highest BCUT2D eigenvalue weighted by Crippen LogP contribution is 2.36. The quantitative estimate of drug-likeness (QED) is 0.909. The molecule has 1 fully saturated rings. The molecular formula is C18H23NO5. The molecular weight excluding hydrogens is 310 g/mol. The van der Waals surface area contributed by atoms with E-state index in [2.05, 4.69) is 0 Å². The number of rotatable bonds is 4. The molecule has 1 heterocycles. The van der Waals surface area contributed by atoms with Crippen LogP contribution in [0.5, 0.6) is 5.75 Å². The van der Waals surface area contributed by atoms with Crippen LogP contribution in [0.25, 0.3) is 0 Å². The zero-order valence-corrected chi connectivity index (χ0v) is 13.9. The Hall–Kier alpha value is -2.08. The standard InChI is InChI=1S/C18H23NO5/c1-23-14-5-6-15-12(9-14)3-2-4-13(15)10-17(20)19-7-8-24-11-16(19)18(21)22/h5-6,9,13,16H,2-4,7-8,10-11H2,1H3,(H,21,22)/t13-,16-/m0/s1. The Morgan fingerprint density at radius 2 is 2.25 bits per heavy atom. The van der Waals surface area contributed by atoms with Crippen LogP contribution in [0.4, 0.5) is 0 Å². The summed E-state index contributed by atoms with van der Waals surface area (Å²) in [5.41, 5.74) is 2.42. The van der Waals surface area contributed by atoms with Crippen molar-refractivity contribution in [2.45, 2.75) is 37.6 Å². The monoisotopic (exact) mass is 333 g/mol. The lowest BCUT2D eigenvalue weighted by molar-refractivity contribution is -0.158. The highest BCUT2D eigenvalue weighted by molar-refractivity contribution is 5.84. The van der Waals surface area contributed by atoms with E-state index in [9.17, 15) is 14.7 Å². The van der Waals surface area contributed by atoms with Crippen LogP contribution in [0.1, 0.15) is 36.3 Å². The first kappa shape index (κ1) is 16.8. The molecule has 1 amide bonds. The summed E-state index contributed by atoms with van der Waals surface area (Å²) in [6, 6.07) is 5.14. The first-order valence-corrected chi connectivity index (χ1v) is 8.37. The molecule has 6 heteroatoms. The van der Waals surface area contributed by atoms with Gasteiger partial charge in [-0.1, -0.05) is 6.07 Å². The first-order valence-electron chi connectivity index (χ1n) is 8.37. The average Bonchev–Trinajstić information content (AvgIpc) is 2.61. The molecule has 0 aromatic heterocycles. The van der Waals surface area contributed by atoms with Gasteiger partial charge in [0.2, 0.25) is 5.91 Å². The highest BCUT2D eigenvalue weighted by atomic mass is 16.5. The van der Waals surface area contributed by atoms with Crippen LogP contribution in [0.15, 0.2) is 18.2 Å². The van der Waals surface area contributed by atoms with Crippen LogP contribution in [0, 0.1) is 0 Å². The normalized spacial score (nSPS) is 23.5. The number of carboxylic acid groups (broad SMARTS) is 1. The molecule has 1 aliphatic heterocycles. The third-order valence-electron chi connectivity index (χ3n) is 4.94. The van der Waals surface area contributed by atoms with Gasteiger partial charge in [0.05, 0.1) is 20.3 Å². The number of benzene rings is 1. The largest absolute Gasteiger partial charge is 0.497 e. The predicted molar refractivity (Wildman–Crippen MR) is 87.2 cm³/mol. The second kappa shape index (κ2) is 7.21. The van der Waals surface area contributed by atoms with Crippen LogP contribution in [0.2, 0.25) is 0 Å². The van der Waals surface area contributed by atoms with Crippen molar-refractivity contribution in [3.63, 3.8) is 0 Å². The van der Waals surface area contributed by atoms with E-state index in [0.717, 1.165) is 25.0 Å². The van der Waals surface area contributed by atoms with Crippen molar-refractivity contribution in [1.29, 1.82) is 0 Å². The number of aliphatic carboxylic acids is 1. The van der Waals surface area contributed by atoms with Gasteiger partial charge in [-0.3, -0.25) is 4.79 Å². The van der Waals surface area contributed by atoms with Crippen molar-refractivity contribution in [2.24, 2.45) is 0 Å². The van der Waals surface area contributed by atoms with Crippen molar-refractivity contribution < 1.29 is 24.2 Å². The van der Waals surface area contributed by atoms with E-state index >= 15 is 0 Å². The Morgan fingerprint density at radius 3 is 3.00 bits per heavy atom. The maximum absolute atomic E-state index is 12.7. The van der Waals surface area contributed by atoms with E-state index in [1.54, 1.807) is 7.11 Å². The van der Waals surface area contributed by atoms with E-state index < -0.39 is 12.0 Å². The van der Waals surface area contributed by atoms with Crippen molar-refractivity contribution in [2.75, 3.05) is 26.9 Å². The van der Waals surface area contributed by atoms with Gasteiger partial charge in [0.15, 0.2) is 6.04 Å². The number of carbonyl (C=O) groups is 2. The van der Waals surface area contributed by atoms with E-state index in [-0.39, 0.29) is 18.4 Å². The highest BCUT2D eigenvalue weighted by Gasteiger charge is 2.34. The molecule has 0 radical (unpaired) electrons. The van der Waals surface area contributed by atoms with Crippen molar-refractivity contribution in [1.82, 2.24) is 4.90 Å². The third-order valence-corrected chi connectivity index (χ3v) is 4.94. The predicted octanol–water partition coefficient (Wildman–Crippen LogP) is 1.82. The van der Waals surface area contributed by atoms with Crippen molar-refractivity contribution >= 4 is 11.9 Å². The van der Waals surface area contributed by atoms with Crippen molar-refractivity contribution in [3.05, 3.63) is 29.3 Å². The molecule has 0 saturated carbocycles. The number of morpholine rings is 1. The molecule has 1 saturated heterocycles. The van der Waals surface area contributed by atoms with Gasteiger partial charge in [0.25, 0.3) is 0 Å². The molecule has 2 aliphatic rings. The minimum Gasteiger partial charge on any atom is -0.497 e. The number of nitrogens with zero attached hydrogens (tertiary/aromatic N) is 1. The maximum atomic E-state index is 12.7. The van der Waals surface area contributed by atoms with E-state index in [1.807, 2.05) is 18.2 Å². The molecule has 3 rings (SSSR count). The smallest absolute Gasteiger partial charge is 0.328 e. The maximum Gasteiger partial charge on any atom is 0.328 e. The van der Waals surface area contributed by atoms with Crippen LogP contribution >= 0.6 is 0 Å². The van der Waals surface area contributed by atoms with Gasteiger partial charge in [0.1, 0.15) is 5.75 Å². The molecule has 1 aliphatic carbocycles. The first-order chi connectivity index (χ1) is 11.6. The van der Waals surface area contributed by atoms with Gasteiger partial charge >= 0.3 is 5.97 Å². The summed E-state index contributed by atoms with van der Waals surface area (Å²) >= 11 is 0. The van der Waals surface area contributed by atoms with Crippen molar-refractivity contribution in [3.8, 4) is 5.75 Å². The molecule has 1 N–H and O–H groups in total. The van der Waals surface area contributed by atoms with Crippen LogP contribution in [-0.2, 0) is 20.7 Å². The topological polar surface area (TPSA) is 76.1 Å². The third kappa shape index (κ3) is 3.38. The minimum atomic E-state index is -1.00. The number of fused-ring (bicyclic) bond motifs is 1. The molecule has 24 heavy (non-hydrogen) atoms. The Kier molecular flexibility index (Phi) is 5.04. The molecule has 130 valence electrons.